The standard InChI is InChI=1S/C18H18N4O/c1-3-18(4-2)12-7-11-8-16(13-5-6-19-10-20-13)21-14(11)9-15(12)22-17(18)23/h5-10,21H,3-4H2,1-2H3,(H,22,23). The minimum absolute atomic E-state index is 0.112. The van der Waals surface area contributed by atoms with Crippen molar-refractivity contribution in [3.8, 4) is 11.4 Å². The van der Waals surface area contributed by atoms with Gasteiger partial charge in [0.25, 0.3) is 0 Å². The summed E-state index contributed by atoms with van der Waals surface area (Å²) in [5, 5.41) is 4.14. The summed E-state index contributed by atoms with van der Waals surface area (Å²) in [6.45, 7) is 4.15. The molecule has 3 heterocycles. The average molecular weight is 306 g/mol. The van der Waals surface area contributed by atoms with Gasteiger partial charge in [-0.3, -0.25) is 4.79 Å². The molecule has 1 aromatic carbocycles. The van der Waals surface area contributed by atoms with Crippen LogP contribution in [0.25, 0.3) is 22.3 Å². The second-order valence-electron chi connectivity index (χ2n) is 6.01. The maximum Gasteiger partial charge on any atom is 0.235 e. The third-order valence-corrected chi connectivity index (χ3v) is 5.02. The molecule has 5 nitrogen and oxygen atoms in total. The van der Waals surface area contributed by atoms with Gasteiger partial charge in [0.2, 0.25) is 5.91 Å². The Balaban J connectivity index is 1.89. The number of aromatic nitrogens is 3. The zero-order chi connectivity index (χ0) is 16.0. The predicted molar refractivity (Wildman–Crippen MR) is 90.2 cm³/mol. The average Bonchev–Trinajstić information content (AvgIpc) is 3.11. The van der Waals surface area contributed by atoms with E-state index >= 15 is 0 Å². The Morgan fingerprint density at radius 3 is 2.70 bits per heavy atom. The molecule has 0 bridgehead atoms. The van der Waals surface area contributed by atoms with Crippen LogP contribution in [0, 0.1) is 0 Å². The second kappa shape index (κ2) is 4.91. The van der Waals surface area contributed by atoms with Gasteiger partial charge >= 0.3 is 0 Å². The van der Waals surface area contributed by atoms with Crippen LogP contribution < -0.4 is 5.32 Å². The molecule has 4 rings (SSSR count). The first-order valence-corrected chi connectivity index (χ1v) is 7.93. The first-order valence-electron chi connectivity index (χ1n) is 7.93. The Morgan fingerprint density at radius 2 is 2.00 bits per heavy atom. The number of hydrogen-bond donors (Lipinski definition) is 2. The van der Waals surface area contributed by atoms with Crippen molar-refractivity contribution < 1.29 is 4.79 Å². The molecular formula is C18H18N4O. The van der Waals surface area contributed by atoms with E-state index in [1.165, 1.54) is 0 Å². The van der Waals surface area contributed by atoms with Crippen molar-refractivity contribution in [2.75, 3.05) is 5.32 Å². The summed E-state index contributed by atoms with van der Waals surface area (Å²) in [6, 6.07) is 8.12. The van der Waals surface area contributed by atoms with Crippen LogP contribution in [0.5, 0.6) is 0 Å². The van der Waals surface area contributed by atoms with Crippen molar-refractivity contribution in [2.45, 2.75) is 32.1 Å². The topological polar surface area (TPSA) is 70.7 Å². The third kappa shape index (κ3) is 1.89. The minimum Gasteiger partial charge on any atom is -0.353 e. The summed E-state index contributed by atoms with van der Waals surface area (Å²) in [4.78, 5) is 24.1. The lowest BCUT2D eigenvalue weighted by Crippen LogP contribution is -2.32. The first kappa shape index (κ1) is 13.9. The summed E-state index contributed by atoms with van der Waals surface area (Å²) < 4.78 is 0. The summed E-state index contributed by atoms with van der Waals surface area (Å²) in [5.41, 5.74) is 4.43. The number of H-pyrrole nitrogens is 1. The number of carbonyl (C=O) groups excluding carboxylic acids is 1. The molecule has 0 spiro atoms. The van der Waals surface area contributed by atoms with Gasteiger partial charge in [-0.2, -0.15) is 0 Å². The lowest BCUT2D eigenvalue weighted by atomic mass is 9.77. The number of hydrogen-bond acceptors (Lipinski definition) is 3. The van der Waals surface area contributed by atoms with Crippen LogP contribution in [-0.2, 0) is 10.2 Å². The fourth-order valence-corrected chi connectivity index (χ4v) is 3.58. The zero-order valence-corrected chi connectivity index (χ0v) is 13.2. The van der Waals surface area contributed by atoms with Gasteiger partial charge in [-0.05, 0) is 42.7 Å². The summed E-state index contributed by atoms with van der Waals surface area (Å²) in [5.74, 6) is 0.112. The van der Waals surface area contributed by atoms with Crippen molar-refractivity contribution in [1.29, 1.82) is 0 Å². The van der Waals surface area contributed by atoms with E-state index in [9.17, 15) is 4.79 Å². The molecule has 0 radical (unpaired) electrons. The van der Waals surface area contributed by atoms with Crippen molar-refractivity contribution in [1.82, 2.24) is 15.0 Å². The van der Waals surface area contributed by atoms with Gasteiger partial charge in [0.1, 0.15) is 6.33 Å². The number of rotatable bonds is 3. The molecule has 0 fully saturated rings. The Labute approximate surface area is 134 Å². The van der Waals surface area contributed by atoms with Crippen LogP contribution in [0.3, 0.4) is 0 Å². The molecule has 5 heteroatoms. The van der Waals surface area contributed by atoms with Crippen LogP contribution in [0.1, 0.15) is 32.3 Å². The molecular weight excluding hydrogens is 288 g/mol. The molecule has 0 saturated heterocycles. The molecule has 116 valence electrons. The van der Waals surface area contributed by atoms with E-state index in [1.807, 2.05) is 12.1 Å². The molecule has 23 heavy (non-hydrogen) atoms. The molecule has 2 aromatic heterocycles. The lowest BCUT2D eigenvalue weighted by Gasteiger charge is -2.23. The summed E-state index contributed by atoms with van der Waals surface area (Å²) in [7, 11) is 0. The Hall–Kier alpha value is -2.69. The normalized spacial score (nSPS) is 15.7. The Morgan fingerprint density at radius 1 is 1.17 bits per heavy atom. The van der Waals surface area contributed by atoms with E-state index in [1.54, 1.807) is 12.5 Å². The molecule has 0 unspecified atom stereocenters. The summed E-state index contributed by atoms with van der Waals surface area (Å²) >= 11 is 0. The molecule has 0 atom stereocenters. The van der Waals surface area contributed by atoms with Gasteiger partial charge in [-0.1, -0.05) is 13.8 Å². The molecule has 1 aliphatic heterocycles. The molecule has 1 aliphatic rings. The molecule has 1 amide bonds. The van der Waals surface area contributed by atoms with Crippen LogP contribution in [0.15, 0.2) is 36.8 Å². The van der Waals surface area contributed by atoms with Crippen LogP contribution >= 0.6 is 0 Å². The number of amides is 1. The van der Waals surface area contributed by atoms with Crippen LogP contribution in [0.4, 0.5) is 5.69 Å². The highest BCUT2D eigenvalue weighted by Gasteiger charge is 2.44. The fourth-order valence-electron chi connectivity index (χ4n) is 3.58. The van der Waals surface area contributed by atoms with Gasteiger partial charge in [0.15, 0.2) is 0 Å². The molecule has 0 saturated carbocycles. The van der Waals surface area contributed by atoms with Gasteiger partial charge in [0.05, 0.1) is 16.8 Å². The predicted octanol–water partition coefficient (Wildman–Crippen LogP) is 3.63. The SMILES string of the molecule is CCC1(CC)C(=O)Nc2cc3[nH]c(-c4ccncn4)cc3cc21. The number of carbonyl (C=O) groups is 1. The maximum absolute atomic E-state index is 12.5. The number of nitrogens with zero attached hydrogens (tertiary/aromatic N) is 2. The lowest BCUT2D eigenvalue weighted by molar-refractivity contribution is -0.121. The van der Waals surface area contributed by atoms with E-state index in [-0.39, 0.29) is 5.91 Å². The number of anilines is 1. The second-order valence-corrected chi connectivity index (χ2v) is 6.01. The Bertz CT molecular complexity index is 894. The van der Waals surface area contributed by atoms with Crippen LogP contribution in [0.2, 0.25) is 0 Å². The van der Waals surface area contributed by atoms with Crippen molar-refractivity contribution in [3.05, 3.63) is 42.4 Å². The maximum atomic E-state index is 12.5. The van der Waals surface area contributed by atoms with Crippen molar-refractivity contribution in [2.24, 2.45) is 0 Å². The number of aromatic amines is 1. The van der Waals surface area contributed by atoms with E-state index in [4.69, 9.17) is 0 Å². The zero-order valence-electron chi connectivity index (χ0n) is 13.2. The van der Waals surface area contributed by atoms with Gasteiger partial charge in [0, 0.05) is 22.8 Å². The quantitative estimate of drug-likeness (QED) is 0.776. The molecule has 2 N–H and O–H groups in total. The third-order valence-electron chi connectivity index (χ3n) is 5.02. The summed E-state index contributed by atoms with van der Waals surface area (Å²) in [6.07, 6.45) is 4.88. The molecule has 3 aromatic rings. The van der Waals surface area contributed by atoms with E-state index in [0.29, 0.717) is 0 Å². The van der Waals surface area contributed by atoms with E-state index in [2.05, 4.69) is 46.2 Å². The Kier molecular flexibility index (Phi) is 2.98. The van der Waals surface area contributed by atoms with Crippen LogP contribution in [-0.4, -0.2) is 20.9 Å². The van der Waals surface area contributed by atoms with Gasteiger partial charge in [-0.25, -0.2) is 9.97 Å². The number of benzene rings is 1. The first-order chi connectivity index (χ1) is 11.2. The fraction of sp³-hybridized carbons (Fsp3) is 0.278. The van der Waals surface area contributed by atoms with Gasteiger partial charge in [-0.15, -0.1) is 0 Å². The highest BCUT2D eigenvalue weighted by atomic mass is 16.2. The van der Waals surface area contributed by atoms with Crippen molar-refractivity contribution in [3.63, 3.8) is 0 Å². The highest BCUT2D eigenvalue weighted by Crippen LogP contribution is 2.44. The number of nitrogens with one attached hydrogen (secondary N) is 2. The molecule has 0 aliphatic carbocycles. The number of fused-ring (bicyclic) bond motifs is 2. The smallest absolute Gasteiger partial charge is 0.235 e. The van der Waals surface area contributed by atoms with E-state index < -0.39 is 5.41 Å². The largest absolute Gasteiger partial charge is 0.353 e. The van der Waals surface area contributed by atoms with Gasteiger partial charge < -0.3 is 10.3 Å². The minimum atomic E-state index is -0.407. The highest BCUT2D eigenvalue weighted by molar-refractivity contribution is 6.08. The van der Waals surface area contributed by atoms with E-state index in [0.717, 1.165) is 46.4 Å². The monoisotopic (exact) mass is 306 g/mol. The van der Waals surface area contributed by atoms with Crippen molar-refractivity contribution >= 4 is 22.5 Å².